The maximum Gasteiger partial charge on any atom is 0.244 e. The van der Waals surface area contributed by atoms with Crippen molar-refractivity contribution in [3.8, 4) is 0 Å². The van der Waals surface area contributed by atoms with E-state index in [0.29, 0.717) is 11.3 Å². The average molecular weight is 338 g/mol. The molecule has 6 nitrogen and oxygen atoms in total. The van der Waals surface area contributed by atoms with Gasteiger partial charge < -0.3 is 5.32 Å². The van der Waals surface area contributed by atoms with E-state index in [1.54, 1.807) is 24.3 Å². The van der Waals surface area contributed by atoms with E-state index in [2.05, 4.69) is 5.32 Å². The number of imide groups is 1. The van der Waals surface area contributed by atoms with Crippen molar-refractivity contribution in [2.45, 2.75) is 13.3 Å². The highest BCUT2D eigenvalue weighted by Gasteiger charge is 2.59. The van der Waals surface area contributed by atoms with Gasteiger partial charge in [-0.15, -0.1) is 0 Å². The first-order chi connectivity index (χ1) is 12.0. The highest BCUT2D eigenvalue weighted by atomic mass is 16.2. The molecule has 1 aromatic rings. The van der Waals surface area contributed by atoms with Gasteiger partial charge in [0.05, 0.1) is 11.8 Å². The summed E-state index contributed by atoms with van der Waals surface area (Å²) in [5, 5.41) is 2.66. The quantitative estimate of drug-likeness (QED) is 0.514. The molecule has 2 fully saturated rings. The summed E-state index contributed by atoms with van der Waals surface area (Å²) in [4.78, 5) is 49.9. The molecule has 0 unspecified atom stereocenters. The van der Waals surface area contributed by atoms with Crippen LogP contribution in [-0.4, -0.2) is 34.9 Å². The minimum Gasteiger partial charge on any atom is -0.325 e. The zero-order valence-corrected chi connectivity index (χ0v) is 13.8. The van der Waals surface area contributed by atoms with Crippen LogP contribution in [0, 0.1) is 23.7 Å². The average Bonchev–Trinajstić information content (AvgIpc) is 3.25. The Morgan fingerprint density at radius 3 is 2.36 bits per heavy atom. The summed E-state index contributed by atoms with van der Waals surface area (Å²) < 4.78 is 0. The first-order valence-electron chi connectivity index (χ1n) is 8.40. The highest BCUT2D eigenvalue weighted by Crippen LogP contribution is 2.52. The van der Waals surface area contributed by atoms with Gasteiger partial charge in [-0.1, -0.05) is 24.3 Å². The Bertz CT molecular complexity index is 798. The number of hydrogen-bond donors (Lipinski definition) is 1. The van der Waals surface area contributed by atoms with Crippen LogP contribution in [0.15, 0.2) is 36.4 Å². The molecule has 6 heteroatoms. The summed E-state index contributed by atoms with van der Waals surface area (Å²) in [5.74, 6) is -1.34. The summed E-state index contributed by atoms with van der Waals surface area (Å²) in [6, 6.07) is 6.57. The van der Waals surface area contributed by atoms with Gasteiger partial charge in [-0.3, -0.25) is 24.1 Å². The van der Waals surface area contributed by atoms with Gasteiger partial charge in [-0.2, -0.15) is 0 Å². The number of fused-ring (bicyclic) bond motifs is 5. The lowest BCUT2D eigenvalue weighted by atomic mass is 9.85. The van der Waals surface area contributed by atoms with E-state index in [0.717, 1.165) is 11.3 Å². The fraction of sp³-hybridized carbons (Fsp3) is 0.368. The molecule has 1 N–H and O–H groups in total. The summed E-state index contributed by atoms with van der Waals surface area (Å²) in [7, 11) is 0. The Kier molecular flexibility index (Phi) is 3.56. The number of amides is 3. The third-order valence-electron chi connectivity index (χ3n) is 5.42. The molecule has 4 atom stereocenters. The van der Waals surface area contributed by atoms with Crippen LogP contribution in [-0.2, 0) is 14.4 Å². The molecule has 3 amide bonds. The maximum absolute atomic E-state index is 12.6. The molecule has 1 aliphatic heterocycles. The number of anilines is 1. The van der Waals surface area contributed by atoms with Gasteiger partial charge in [-0.25, -0.2) is 0 Å². The van der Waals surface area contributed by atoms with Crippen LogP contribution in [0.2, 0.25) is 0 Å². The van der Waals surface area contributed by atoms with Crippen molar-refractivity contribution in [1.29, 1.82) is 0 Å². The fourth-order valence-electron chi connectivity index (χ4n) is 4.28. The number of ketones is 1. The normalized spacial score (nSPS) is 29.2. The number of carbonyl (C=O) groups is 4. The summed E-state index contributed by atoms with van der Waals surface area (Å²) in [6.45, 7) is 1.16. The largest absolute Gasteiger partial charge is 0.325 e. The van der Waals surface area contributed by atoms with Crippen LogP contribution in [0.1, 0.15) is 23.7 Å². The molecule has 2 aliphatic carbocycles. The Morgan fingerprint density at radius 2 is 1.76 bits per heavy atom. The molecule has 1 saturated carbocycles. The van der Waals surface area contributed by atoms with Crippen LogP contribution >= 0.6 is 0 Å². The van der Waals surface area contributed by atoms with Gasteiger partial charge >= 0.3 is 0 Å². The zero-order chi connectivity index (χ0) is 17.7. The summed E-state index contributed by atoms with van der Waals surface area (Å²) in [5.41, 5.74) is 0.960. The molecule has 0 radical (unpaired) electrons. The number of benzene rings is 1. The van der Waals surface area contributed by atoms with Crippen LogP contribution in [0.25, 0.3) is 0 Å². The number of allylic oxidation sites excluding steroid dienone is 2. The predicted octanol–water partition coefficient (Wildman–Crippen LogP) is 1.63. The number of hydrogen-bond acceptors (Lipinski definition) is 4. The van der Waals surface area contributed by atoms with E-state index >= 15 is 0 Å². The Labute approximate surface area is 144 Å². The van der Waals surface area contributed by atoms with Crippen molar-refractivity contribution in [2.75, 3.05) is 11.9 Å². The van der Waals surface area contributed by atoms with Crippen molar-refractivity contribution in [3.05, 3.63) is 42.0 Å². The first-order valence-corrected chi connectivity index (χ1v) is 8.40. The molecular formula is C19H18N2O4. The van der Waals surface area contributed by atoms with Crippen molar-refractivity contribution in [3.63, 3.8) is 0 Å². The van der Waals surface area contributed by atoms with Crippen molar-refractivity contribution < 1.29 is 19.2 Å². The third-order valence-corrected chi connectivity index (χ3v) is 5.42. The highest BCUT2D eigenvalue weighted by molar-refractivity contribution is 6.09. The van der Waals surface area contributed by atoms with Gasteiger partial charge in [0, 0.05) is 11.3 Å². The van der Waals surface area contributed by atoms with Crippen LogP contribution < -0.4 is 5.32 Å². The smallest absolute Gasteiger partial charge is 0.244 e. The molecule has 25 heavy (non-hydrogen) atoms. The maximum atomic E-state index is 12.6. The van der Waals surface area contributed by atoms with Crippen LogP contribution in [0.5, 0.6) is 0 Å². The van der Waals surface area contributed by atoms with Gasteiger partial charge in [0.2, 0.25) is 17.7 Å². The predicted molar refractivity (Wildman–Crippen MR) is 89.5 cm³/mol. The molecule has 1 saturated heterocycles. The van der Waals surface area contributed by atoms with Crippen molar-refractivity contribution in [2.24, 2.45) is 23.7 Å². The van der Waals surface area contributed by atoms with Crippen molar-refractivity contribution in [1.82, 2.24) is 4.90 Å². The molecule has 1 heterocycles. The lowest BCUT2D eigenvalue weighted by Crippen LogP contribution is -2.39. The molecule has 0 aromatic heterocycles. The second-order valence-corrected chi connectivity index (χ2v) is 6.95. The van der Waals surface area contributed by atoms with Crippen molar-refractivity contribution >= 4 is 29.2 Å². The molecule has 128 valence electrons. The summed E-state index contributed by atoms with van der Waals surface area (Å²) in [6.07, 6.45) is 4.91. The standard InChI is InChI=1S/C19H18N2O4/c1-10(22)11-3-2-4-14(8-11)20-15(23)9-21-18(24)16-12-5-6-13(7-12)17(16)19(21)25/h2-6,8,12-13,16-17H,7,9H2,1H3,(H,20,23)/t12-,13+,16-,17-/m1/s1. The Balaban J connectivity index is 1.45. The van der Waals surface area contributed by atoms with E-state index in [1.807, 2.05) is 12.2 Å². The number of nitrogens with zero attached hydrogens (tertiary/aromatic N) is 1. The van der Waals surface area contributed by atoms with Crippen LogP contribution in [0.3, 0.4) is 0 Å². The second kappa shape index (κ2) is 5.65. The number of nitrogens with one attached hydrogen (secondary N) is 1. The Morgan fingerprint density at radius 1 is 1.12 bits per heavy atom. The van der Waals surface area contributed by atoms with E-state index in [1.165, 1.54) is 6.92 Å². The minimum absolute atomic E-state index is 0.100. The number of carbonyl (C=O) groups excluding carboxylic acids is 4. The van der Waals surface area contributed by atoms with Gasteiger partial charge in [0.1, 0.15) is 6.54 Å². The SMILES string of the molecule is CC(=O)c1cccc(NC(=O)CN2C(=O)[C@H]3[C@H](C2=O)[C@H]2C=C[C@@H]3C2)c1. The number of likely N-dealkylation sites (tertiary alicyclic amines) is 1. The number of Topliss-reactive ketones (excluding diaryl/α,β-unsaturated/α-hetero) is 1. The van der Waals surface area contributed by atoms with Crippen LogP contribution in [0.4, 0.5) is 5.69 Å². The molecular weight excluding hydrogens is 320 g/mol. The van der Waals surface area contributed by atoms with E-state index < -0.39 is 5.91 Å². The molecule has 1 aromatic carbocycles. The first kappa shape index (κ1) is 15.7. The van der Waals surface area contributed by atoms with Gasteiger partial charge in [0.25, 0.3) is 0 Å². The lowest BCUT2D eigenvalue weighted by Gasteiger charge is -2.17. The van der Waals surface area contributed by atoms with Gasteiger partial charge in [-0.05, 0) is 37.3 Å². The van der Waals surface area contributed by atoms with E-state index in [-0.39, 0.29) is 47.8 Å². The molecule has 0 spiro atoms. The van der Waals surface area contributed by atoms with E-state index in [9.17, 15) is 19.2 Å². The minimum atomic E-state index is -0.442. The zero-order valence-electron chi connectivity index (χ0n) is 13.8. The third kappa shape index (κ3) is 2.49. The molecule has 3 aliphatic rings. The van der Waals surface area contributed by atoms with Gasteiger partial charge in [0.15, 0.2) is 5.78 Å². The monoisotopic (exact) mass is 338 g/mol. The topological polar surface area (TPSA) is 83.6 Å². The number of rotatable bonds is 4. The molecule has 4 rings (SSSR count). The summed E-state index contributed by atoms with van der Waals surface area (Å²) >= 11 is 0. The molecule has 2 bridgehead atoms. The fourth-order valence-corrected chi connectivity index (χ4v) is 4.28. The van der Waals surface area contributed by atoms with E-state index in [4.69, 9.17) is 0 Å². The lowest BCUT2D eigenvalue weighted by molar-refractivity contribution is -0.143. The Hall–Kier alpha value is -2.76. The second-order valence-electron chi connectivity index (χ2n) is 6.95.